The minimum Gasteiger partial charge on any atom is -0.508 e. The van der Waals surface area contributed by atoms with Gasteiger partial charge in [-0.15, -0.1) is 11.8 Å². The van der Waals surface area contributed by atoms with Crippen LogP contribution in [0.5, 0.6) is 11.5 Å². The Morgan fingerprint density at radius 3 is 2.17 bits per heavy atom. The van der Waals surface area contributed by atoms with Crippen LogP contribution in [0.4, 0.5) is 11.4 Å². The second-order valence-corrected chi connectivity index (χ2v) is 15.9. The van der Waals surface area contributed by atoms with Crippen LogP contribution in [0.2, 0.25) is 0 Å². The van der Waals surface area contributed by atoms with Crippen molar-refractivity contribution in [3.05, 3.63) is 72.3 Å². The predicted molar refractivity (Wildman–Crippen MR) is 203 cm³/mol. The standard InChI is InChI=1S/C38H50N4O8S2/c1-6-8-19-38(20-9-7-2)24-42(27-13-11-10-12-14-27)29-21-31(51-5)30(22-32(29)52(48,49)41-38)50-23-33(44)39-35(26-15-17-28(43)18-16-26)36(45)40-34(25(3)4)37(46)47/h10-18,21-22,25,34-35,41,43H,6-9,19-20,23-24H2,1-5H3,(H,39,44)(H,40,45)(H,46,47)/t34-,35?/m0/s1. The third-order valence-corrected chi connectivity index (χ3v) is 11.5. The number of anilines is 2. The number of thioether (sulfide) groups is 1. The summed E-state index contributed by atoms with van der Waals surface area (Å²) >= 11 is 1.34. The Morgan fingerprint density at radius 1 is 0.981 bits per heavy atom. The Morgan fingerprint density at radius 2 is 1.62 bits per heavy atom. The highest BCUT2D eigenvalue weighted by Gasteiger charge is 2.42. The SMILES string of the molecule is CCCCC1(CCCC)CN(c2ccccc2)c2cc(SC)c(OCC(=O)NC(C(=O)N[C@H](C(=O)O)C(C)C)c3ccc(O)cc3)cc2S(=O)(=O)N1. The summed E-state index contributed by atoms with van der Waals surface area (Å²) in [6, 6.07) is 16.0. The molecule has 0 saturated heterocycles. The molecular formula is C38H50N4O8S2. The number of carboxylic acids is 1. The summed E-state index contributed by atoms with van der Waals surface area (Å²) in [5.41, 5.74) is 0.927. The van der Waals surface area contributed by atoms with Crippen LogP contribution in [-0.2, 0) is 24.4 Å². The van der Waals surface area contributed by atoms with E-state index < -0.39 is 58.0 Å². The highest BCUT2D eigenvalue weighted by Crippen LogP contribution is 2.44. The Kier molecular flexibility index (Phi) is 14.0. The summed E-state index contributed by atoms with van der Waals surface area (Å²) in [6.45, 7) is 7.33. The number of unbranched alkanes of at least 4 members (excludes halogenated alkanes) is 2. The van der Waals surface area contributed by atoms with Crippen molar-refractivity contribution >= 4 is 50.9 Å². The Labute approximate surface area is 310 Å². The van der Waals surface area contributed by atoms with E-state index >= 15 is 0 Å². The quantitative estimate of drug-likeness (QED) is 0.101. The van der Waals surface area contributed by atoms with E-state index in [0.29, 0.717) is 35.5 Å². The molecular weight excluding hydrogens is 705 g/mol. The molecule has 14 heteroatoms. The number of para-hydroxylation sites is 1. The molecule has 0 aliphatic carbocycles. The summed E-state index contributed by atoms with van der Waals surface area (Å²) in [5, 5.41) is 24.5. The number of aromatic hydroxyl groups is 1. The molecule has 0 radical (unpaired) electrons. The maximum Gasteiger partial charge on any atom is 0.326 e. The van der Waals surface area contributed by atoms with Gasteiger partial charge in [0.2, 0.25) is 15.9 Å². The lowest BCUT2D eigenvalue weighted by Gasteiger charge is -2.37. The lowest BCUT2D eigenvalue weighted by molar-refractivity contribution is -0.143. The zero-order chi connectivity index (χ0) is 38.1. The second-order valence-electron chi connectivity index (χ2n) is 13.4. The van der Waals surface area contributed by atoms with Gasteiger partial charge in [0.15, 0.2) is 6.61 Å². The highest BCUT2D eigenvalue weighted by atomic mass is 32.2. The minimum absolute atomic E-state index is 0.0224. The predicted octanol–water partition coefficient (Wildman–Crippen LogP) is 6.13. The lowest BCUT2D eigenvalue weighted by atomic mass is 9.87. The fourth-order valence-electron chi connectivity index (χ4n) is 6.31. The van der Waals surface area contributed by atoms with Gasteiger partial charge in [-0.3, -0.25) is 9.59 Å². The van der Waals surface area contributed by atoms with Crippen molar-refractivity contribution in [1.82, 2.24) is 15.4 Å². The normalized spacial score (nSPS) is 15.9. The molecule has 282 valence electrons. The molecule has 0 aromatic heterocycles. The number of sulfonamides is 1. The van der Waals surface area contributed by atoms with Crippen molar-refractivity contribution in [2.45, 2.75) is 93.6 Å². The first kappa shape index (κ1) is 40.5. The monoisotopic (exact) mass is 754 g/mol. The Hall–Kier alpha value is -4.27. The van der Waals surface area contributed by atoms with Gasteiger partial charge in [-0.2, -0.15) is 0 Å². The summed E-state index contributed by atoms with van der Waals surface area (Å²) in [5.74, 6) is -3.02. The molecule has 52 heavy (non-hydrogen) atoms. The first-order valence-electron chi connectivity index (χ1n) is 17.6. The average molecular weight is 755 g/mol. The van der Waals surface area contributed by atoms with E-state index in [1.807, 2.05) is 36.6 Å². The Balaban J connectivity index is 1.69. The van der Waals surface area contributed by atoms with Gasteiger partial charge < -0.3 is 30.5 Å². The number of carboxylic acid groups (broad SMARTS) is 1. The van der Waals surface area contributed by atoms with Crippen molar-refractivity contribution in [1.29, 1.82) is 0 Å². The minimum atomic E-state index is -4.07. The number of phenols is 1. The fourth-order valence-corrected chi connectivity index (χ4v) is 8.51. The number of fused-ring (bicyclic) bond motifs is 1. The lowest BCUT2D eigenvalue weighted by Crippen LogP contribution is -2.53. The number of hydrogen-bond acceptors (Lipinski definition) is 9. The number of amides is 2. The molecule has 1 aliphatic heterocycles. The van der Waals surface area contributed by atoms with Crippen molar-refractivity contribution in [3.63, 3.8) is 0 Å². The number of carbonyl (C=O) groups excluding carboxylic acids is 2. The van der Waals surface area contributed by atoms with E-state index in [0.717, 1.165) is 31.4 Å². The summed E-state index contributed by atoms with van der Waals surface area (Å²) in [7, 11) is -4.07. The van der Waals surface area contributed by atoms with Crippen LogP contribution < -0.4 is 25.0 Å². The van der Waals surface area contributed by atoms with Crippen LogP contribution in [0, 0.1) is 5.92 Å². The number of nitrogens with one attached hydrogen (secondary N) is 3. The number of aliphatic carboxylic acids is 1. The van der Waals surface area contributed by atoms with Crippen LogP contribution in [0.25, 0.3) is 0 Å². The summed E-state index contributed by atoms with van der Waals surface area (Å²) < 4.78 is 37.7. The van der Waals surface area contributed by atoms with E-state index in [2.05, 4.69) is 34.1 Å². The highest BCUT2D eigenvalue weighted by molar-refractivity contribution is 7.98. The van der Waals surface area contributed by atoms with Crippen molar-refractivity contribution in [2.75, 3.05) is 24.3 Å². The number of hydrogen-bond donors (Lipinski definition) is 5. The molecule has 3 aromatic carbocycles. The molecule has 12 nitrogen and oxygen atoms in total. The Bertz CT molecular complexity index is 1800. The topological polar surface area (TPSA) is 174 Å². The molecule has 1 aliphatic rings. The van der Waals surface area contributed by atoms with E-state index in [-0.39, 0.29) is 16.4 Å². The van der Waals surface area contributed by atoms with Gasteiger partial charge in [0.1, 0.15) is 28.5 Å². The molecule has 0 spiro atoms. The van der Waals surface area contributed by atoms with E-state index in [1.165, 1.54) is 42.1 Å². The maximum atomic E-state index is 14.3. The van der Waals surface area contributed by atoms with E-state index in [4.69, 9.17) is 4.74 Å². The molecule has 3 aromatic rings. The van der Waals surface area contributed by atoms with E-state index in [1.54, 1.807) is 19.9 Å². The zero-order valence-corrected chi connectivity index (χ0v) is 32.0. The average Bonchev–Trinajstić information content (AvgIpc) is 3.21. The first-order valence-corrected chi connectivity index (χ1v) is 20.3. The largest absolute Gasteiger partial charge is 0.508 e. The third-order valence-electron chi connectivity index (χ3n) is 9.11. The molecule has 2 amide bonds. The van der Waals surface area contributed by atoms with Crippen LogP contribution in [-0.4, -0.2) is 67.4 Å². The van der Waals surface area contributed by atoms with Crippen molar-refractivity contribution in [2.24, 2.45) is 5.92 Å². The summed E-state index contributed by atoms with van der Waals surface area (Å²) in [4.78, 5) is 41.3. The number of benzene rings is 3. The fraction of sp³-hybridized carbons (Fsp3) is 0.447. The molecule has 0 saturated carbocycles. The molecule has 1 heterocycles. The molecule has 2 atom stereocenters. The smallest absolute Gasteiger partial charge is 0.326 e. The zero-order valence-electron chi connectivity index (χ0n) is 30.3. The maximum absolute atomic E-state index is 14.3. The van der Waals surface area contributed by atoms with E-state index in [9.17, 15) is 33.0 Å². The number of nitrogens with zero attached hydrogens (tertiary/aromatic N) is 1. The number of phenolic OH excluding ortho intramolecular Hbond substituents is 1. The number of rotatable bonds is 17. The van der Waals surface area contributed by atoms with Gasteiger partial charge in [0, 0.05) is 18.3 Å². The molecule has 5 N–H and O–H groups in total. The summed E-state index contributed by atoms with van der Waals surface area (Å²) in [6.07, 6.45) is 6.69. The van der Waals surface area contributed by atoms with Gasteiger partial charge in [-0.1, -0.05) is 83.7 Å². The third kappa shape index (κ3) is 9.98. The van der Waals surface area contributed by atoms with Gasteiger partial charge in [-0.25, -0.2) is 17.9 Å². The van der Waals surface area contributed by atoms with Gasteiger partial charge in [-0.05, 0) is 60.9 Å². The molecule has 4 rings (SSSR count). The van der Waals surface area contributed by atoms with Crippen LogP contribution in [0.15, 0.2) is 76.5 Å². The number of carbonyl (C=O) groups is 3. The second kappa shape index (κ2) is 18.0. The van der Waals surface area contributed by atoms with Gasteiger partial charge >= 0.3 is 5.97 Å². The van der Waals surface area contributed by atoms with Crippen LogP contribution in [0.3, 0.4) is 0 Å². The molecule has 0 fully saturated rings. The first-order chi connectivity index (χ1) is 24.7. The van der Waals surface area contributed by atoms with Gasteiger partial charge in [0.25, 0.3) is 5.91 Å². The number of ether oxygens (including phenoxy) is 1. The van der Waals surface area contributed by atoms with Gasteiger partial charge in [0.05, 0.1) is 16.1 Å². The van der Waals surface area contributed by atoms with Crippen molar-refractivity contribution in [3.8, 4) is 11.5 Å². The molecule has 1 unspecified atom stereocenters. The van der Waals surface area contributed by atoms with Crippen LogP contribution in [0.1, 0.15) is 77.8 Å². The van der Waals surface area contributed by atoms with Crippen molar-refractivity contribution < 1.29 is 37.8 Å². The van der Waals surface area contributed by atoms with Crippen LogP contribution >= 0.6 is 11.8 Å². The molecule has 0 bridgehead atoms.